The summed E-state index contributed by atoms with van der Waals surface area (Å²) in [5, 5.41) is 2.84. The lowest BCUT2D eigenvalue weighted by molar-refractivity contribution is 0.0522. The SMILES string of the molecule is C#C.CCOC(=O)c1c(OC)cc2c(OC)c3c(OC)cc(C)c(OC)c3c(OC)c2c1C. The zero-order chi connectivity index (χ0) is 24.9. The molecule has 176 valence electrons. The first-order valence-electron chi connectivity index (χ1n) is 10.2. The summed E-state index contributed by atoms with van der Waals surface area (Å²) in [6, 6.07) is 3.66. The molecule has 0 aliphatic rings. The lowest BCUT2D eigenvalue weighted by Gasteiger charge is -2.22. The number of esters is 1. The standard InChI is InChI=1S/C24H28O7.C2H2/c1-9-31-24(25)18-13(3)17-14(11-16(18)27-5)22(29-7)19-15(26-4)10-12(2)21(28-6)20(19)23(17)30-8;1-2/h10-11H,9H2,1-8H3;1-2H. The molecule has 0 N–H and O–H groups in total. The molecule has 0 heterocycles. The van der Waals surface area contributed by atoms with Crippen LogP contribution in [0, 0.1) is 26.7 Å². The third-order valence-corrected chi connectivity index (χ3v) is 5.43. The Labute approximate surface area is 194 Å². The van der Waals surface area contributed by atoms with Crippen LogP contribution in [0.25, 0.3) is 21.5 Å². The van der Waals surface area contributed by atoms with Crippen molar-refractivity contribution in [3.8, 4) is 41.6 Å². The maximum Gasteiger partial charge on any atom is 0.342 e. The Balaban J connectivity index is 0.00000187. The maximum atomic E-state index is 12.8. The van der Waals surface area contributed by atoms with Crippen LogP contribution in [-0.4, -0.2) is 48.1 Å². The number of aryl methyl sites for hydroxylation is 2. The number of fused-ring (bicyclic) bond motifs is 2. The fourth-order valence-electron chi connectivity index (χ4n) is 4.19. The third kappa shape index (κ3) is 4.05. The molecule has 3 aromatic rings. The molecule has 0 aliphatic heterocycles. The van der Waals surface area contributed by atoms with Gasteiger partial charge in [0, 0.05) is 10.8 Å². The van der Waals surface area contributed by atoms with Gasteiger partial charge in [-0.05, 0) is 44.0 Å². The topological polar surface area (TPSA) is 72.5 Å². The highest BCUT2D eigenvalue weighted by atomic mass is 16.5. The van der Waals surface area contributed by atoms with E-state index in [-0.39, 0.29) is 6.61 Å². The van der Waals surface area contributed by atoms with Gasteiger partial charge in [-0.3, -0.25) is 0 Å². The highest BCUT2D eigenvalue weighted by Crippen LogP contribution is 2.53. The monoisotopic (exact) mass is 454 g/mol. The molecule has 0 spiro atoms. The van der Waals surface area contributed by atoms with Crippen molar-refractivity contribution in [3.05, 3.63) is 28.8 Å². The van der Waals surface area contributed by atoms with E-state index in [1.807, 2.05) is 19.9 Å². The highest BCUT2D eigenvalue weighted by Gasteiger charge is 2.28. The van der Waals surface area contributed by atoms with Gasteiger partial charge in [-0.1, -0.05) is 0 Å². The summed E-state index contributed by atoms with van der Waals surface area (Å²) in [6.45, 7) is 5.78. The predicted octanol–water partition coefficient (Wildman–Crippen LogP) is 5.08. The Morgan fingerprint density at radius 1 is 0.758 bits per heavy atom. The first-order chi connectivity index (χ1) is 15.9. The molecule has 0 amide bonds. The van der Waals surface area contributed by atoms with Crippen molar-refractivity contribution in [1.82, 2.24) is 0 Å². The second kappa shape index (κ2) is 10.7. The number of rotatable bonds is 7. The van der Waals surface area contributed by atoms with E-state index in [9.17, 15) is 4.79 Å². The van der Waals surface area contributed by atoms with E-state index in [1.54, 1.807) is 41.4 Å². The fourth-order valence-corrected chi connectivity index (χ4v) is 4.19. The summed E-state index contributed by atoms with van der Waals surface area (Å²) in [7, 11) is 7.90. The number of benzene rings is 3. The van der Waals surface area contributed by atoms with Crippen molar-refractivity contribution < 1.29 is 33.2 Å². The molecule has 0 aliphatic carbocycles. The lowest BCUT2D eigenvalue weighted by atomic mass is 9.92. The van der Waals surface area contributed by atoms with Crippen LogP contribution in [-0.2, 0) is 4.74 Å². The van der Waals surface area contributed by atoms with Crippen LogP contribution < -0.4 is 23.7 Å². The zero-order valence-corrected chi connectivity index (χ0v) is 20.4. The van der Waals surface area contributed by atoms with Crippen LogP contribution in [0.3, 0.4) is 0 Å². The minimum atomic E-state index is -0.464. The van der Waals surface area contributed by atoms with Crippen molar-refractivity contribution in [2.75, 3.05) is 42.2 Å². The molecule has 0 bridgehead atoms. The molecule has 0 saturated carbocycles. The van der Waals surface area contributed by atoms with Crippen molar-refractivity contribution in [2.45, 2.75) is 20.8 Å². The Morgan fingerprint density at radius 3 is 1.82 bits per heavy atom. The maximum absolute atomic E-state index is 12.8. The van der Waals surface area contributed by atoms with Gasteiger partial charge in [-0.15, -0.1) is 12.8 Å². The number of hydrogen-bond donors (Lipinski definition) is 0. The molecule has 33 heavy (non-hydrogen) atoms. The Morgan fingerprint density at radius 2 is 1.33 bits per heavy atom. The molecule has 0 saturated heterocycles. The second-order valence-corrected chi connectivity index (χ2v) is 6.97. The van der Waals surface area contributed by atoms with Gasteiger partial charge in [0.1, 0.15) is 34.3 Å². The van der Waals surface area contributed by atoms with E-state index in [2.05, 4.69) is 12.8 Å². The summed E-state index contributed by atoms with van der Waals surface area (Å²) in [5.74, 6) is 2.31. The molecular formula is C26H30O7. The summed E-state index contributed by atoms with van der Waals surface area (Å²) in [4.78, 5) is 12.8. The van der Waals surface area contributed by atoms with Crippen LogP contribution in [0.5, 0.6) is 28.7 Å². The molecular weight excluding hydrogens is 424 g/mol. The minimum Gasteiger partial charge on any atom is -0.496 e. The van der Waals surface area contributed by atoms with Gasteiger partial charge in [-0.2, -0.15) is 0 Å². The first-order valence-corrected chi connectivity index (χ1v) is 10.2. The van der Waals surface area contributed by atoms with Crippen molar-refractivity contribution in [2.24, 2.45) is 0 Å². The van der Waals surface area contributed by atoms with Gasteiger partial charge in [0.25, 0.3) is 0 Å². The summed E-state index contributed by atoms with van der Waals surface area (Å²) in [6.07, 6.45) is 8.00. The average Bonchev–Trinajstić information content (AvgIpc) is 2.83. The molecule has 0 aromatic heterocycles. The smallest absolute Gasteiger partial charge is 0.342 e. The van der Waals surface area contributed by atoms with E-state index >= 15 is 0 Å². The summed E-state index contributed by atoms with van der Waals surface area (Å²) < 4.78 is 34.0. The van der Waals surface area contributed by atoms with E-state index in [0.29, 0.717) is 56.0 Å². The molecule has 0 fully saturated rings. The van der Waals surface area contributed by atoms with E-state index in [4.69, 9.17) is 28.4 Å². The predicted molar refractivity (Wildman–Crippen MR) is 130 cm³/mol. The number of ether oxygens (including phenoxy) is 6. The van der Waals surface area contributed by atoms with Gasteiger partial charge >= 0.3 is 5.97 Å². The second-order valence-electron chi connectivity index (χ2n) is 6.97. The van der Waals surface area contributed by atoms with Crippen LogP contribution in [0.1, 0.15) is 28.4 Å². The van der Waals surface area contributed by atoms with Crippen LogP contribution in [0.2, 0.25) is 0 Å². The zero-order valence-electron chi connectivity index (χ0n) is 20.4. The number of methoxy groups -OCH3 is 5. The van der Waals surface area contributed by atoms with Gasteiger partial charge in [0.15, 0.2) is 0 Å². The quantitative estimate of drug-likeness (QED) is 0.280. The van der Waals surface area contributed by atoms with Crippen molar-refractivity contribution >= 4 is 27.5 Å². The largest absolute Gasteiger partial charge is 0.496 e. The average molecular weight is 455 g/mol. The molecule has 0 radical (unpaired) electrons. The number of carbonyl (C=O) groups is 1. The van der Waals surface area contributed by atoms with Crippen molar-refractivity contribution in [3.63, 3.8) is 0 Å². The Kier molecular flexibility index (Phi) is 8.25. The molecule has 0 atom stereocenters. The first kappa shape index (κ1) is 25.5. The van der Waals surface area contributed by atoms with Crippen LogP contribution in [0.15, 0.2) is 12.1 Å². The number of terminal acetylenes is 1. The lowest BCUT2D eigenvalue weighted by Crippen LogP contribution is -2.10. The molecule has 7 heteroatoms. The number of carbonyl (C=O) groups excluding carboxylic acids is 1. The van der Waals surface area contributed by atoms with E-state index in [1.165, 1.54) is 7.11 Å². The fraction of sp³-hybridized carbons (Fsp3) is 0.346. The Bertz CT molecular complexity index is 1210. The van der Waals surface area contributed by atoms with Gasteiger partial charge < -0.3 is 28.4 Å². The Hall–Kier alpha value is -3.79. The third-order valence-electron chi connectivity index (χ3n) is 5.43. The molecule has 0 unspecified atom stereocenters. The van der Waals surface area contributed by atoms with Gasteiger partial charge in [0.05, 0.1) is 52.9 Å². The molecule has 7 nitrogen and oxygen atoms in total. The van der Waals surface area contributed by atoms with E-state index in [0.717, 1.165) is 10.9 Å². The van der Waals surface area contributed by atoms with Gasteiger partial charge in [-0.25, -0.2) is 4.79 Å². The summed E-state index contributed by atoms with van der Waals surface area (Å²) >= 11 is 0. The van der Waals surface area contributed by atoms with E-state index < -0.39 is 5.97 Å². The van der Waals surface area contributed by atoms with Crippen molar-refractivity contribution in [1.29, 1.82) is 0 Å². The highest BCUT2D eigenvalue weighted by molar-refractivity contribution is 6.18. The molecule has 3 rings (SSSR count). The van der Waals surface area contributed by atoms with Gasteiger partial charge in [0.2, 0.25) is 0 Å². The van der Waals surface area contributed by atoms with Crippen LogP contribution in [0.4, 0.5) is 0 Å². The summed E-state index contributed by atoms with van der Waals surface area (Å²) in [5.41, 5.74) is 1.88. The normalized spacial score (nSPS) is 10.2. The minimum absolute atomic E-state index is 0.252. The van der Waals surface area contributed by atoms with Crippen LogP contribution >= 0.6 is 0 Å². The molecule has 3 aromatic carbocycles. The number of hydrogen-bond acceptors (Lipinski definition) is 7.